The number of aromatic amines is 1. The van der Waals surface area contributed by atoms with E-state index in [0.717, 1.165) is 87.8 Å². The van der Waals surface area contributed by atoms with Crippen LogP contribution < -0.4 is 5.32 Å². The smallest absolute Gasteiger partial charge is 0.193 e. The molecular formula is C23H35N5O2. The first-order valence-corrected chi connectivity index (χ1v) is 11.4. The molecule has 164 valence electrons. The summed E-state index contributed by atoms with van der Waals surface area (Å²) in [5.41, 5.74) is 2.15. The van der Waals surface area contributed by atoms with Gasteiger partial charge in [0.2, 0.25) is 0 Å². The molecule has 3 heterocycles. The molecule has 4 rings (SSSR count). The van der Waals surface area contributed by atoms with Crippen molar-refractivity contribution in [3.05, 3.63) is 30.1 Å². The Hall–Kier alpha value is -2.12. The molecule has 0 radical (unpaired) electrons. The van der Waals surface area contributed by atoms with E-state index in [2.05, 4.69) is 31.2 Å². The molecule has 1 unspecified atom stereocenters. The molecule has 1 atom stereocenters. The zero-order chi connectivity index (χ0) is 20.6. The van der Waals surface area contributed by atoms with Gasteiger partial charge in [-0.1, -0.05) is 12.1 Å². The van der Waals surface area contributed by atoms with Crippen LogP contribution in [0.2, 0.25) is 0 Å². The number of nitrogens with one attached hydrogen (secondary N) is 2. The van der Waals surface area contributed by atoms with E-state index in [1.165, 1.54) is 12.8 Å². The molecule has 30 heavy (non-hydrogen) atoms. The lowest BCUT2D eigenvalue weighted by Gasteiger charge is -2.35. The zero-order valence-corrected chi connectivity index (χ0v) is 18.1. The number of hydrogen-bond donors (Lipinski definition) is 2. The van der Waals surface area contributed by atoms with Crippen LogP contribution >= 0.6 is 0 Å². The lowest BCUT2D eigenvalue weighted by atomic mass is 10.1. The fourth-order valence-corrected chi connectivity index (χ4v) is 4.33. The third-order valence-corrected chi connectivity index (χ3v) is 6.06. The quantitative estimate of drug-likeness (QED) is 0.414. The molecule has 2 saturated heterocycles. The number of imidazole rings is 1. The third kappa shape index (κ3) is 5.73. The molecule has 0 saturated carbocycles. The van der Waals surface area contributed by atoms with Gasteiger partial charge < -0.3 is 24.7 Å². The second-order valence-corrected chi connectivity index (χ2v) is 8.29. The molecule has 1 aromatic heterocycles. The molecular weight excluding hydrogens is 378 g/mol. The number of likely N-dealkylation sites (tertiary alicyclic amines) is 1. The summed E-state index contributed by atoms with van der Waals surface area (Å²) in [6.07, 6.45) is 8.29. The van der Waals surface area contributed by atoms with E-state index in [1.807, 2.05) is 25.2 Å². The number of hydrogen-bond acceptors (Lipinski definition) is 4. The highest BCUT2D eigenvalue weighted by Gasteiger charge is 2.23. The first-order chi connectivity index (χ1) is 14.8. The molecule has 0 bridgehead atoms. The molecule has 7 nitrogen and oxygen atoms in total. The van der Waals surface area contributed by atoms with Gasteiger partial charge in [-0.05, 0) is 50.7 Å². The van der Waals surface area contributed by atoms with Crippen LogP contribution in [0.25, 0.3) is 11.0 Å². The van der Waals surface area contributed by atoms with Crippen molar-refractivity contribution in [1.82, 2.24) is 20.2 Å². The summed E-state index contributed by atoms with van der Waals surface area (Å²) in [5, 5.41) is 3.52. The van der Waals surface area contributed by atoms with Crippen molar-refractivity contribution in [1.29, 1.82) is 0 Å². The number of piperidine rings is 1. The Morgan fingerprint density at radius 2 is 2.13 bits per heavy atom. The van der Waals surface area contributed by atoms with Crippen molar-refractivity contribution in [3.63, 3.8) is 0 Å². The summed E-state index contributed by atoms with van der Waals surface area (Å²) in [5.74, 6) is 2.04. The minimum atomic E-state index is 0.304. The van der Waals surface area contributed by atoms with Gasteiger partial charge in [0.05, 0.1) is 29.8 Å². The highest BCUT2D eigenvalue weighted by molar-refractivity contribution is 5.80. The van der Waals surface area contributed by atoms with E-state index in [4.69, 9.17) is 9.47 Å². The highest BCUT2D eigenvalue weighted by atomic mass is 16.5. The number of nitrogens with zero attached hydrogens (tertiary/aromatic N) is 3. The molecule has 1 aromatic carbocycles. The van der Waals surface area contributed by atoms with Crippen molar-refractivity contribution < 1.29 is 9.47 Å². The van der Waals surface area contributed by atoms with Crippen LogP contribution in [0.1, 0.15) is 44.3 Å². The first kappa shape index (κ1) is 21.1. The van der Waals surface area contributed by atoms with E-state index < -0.39 is 0 Å². The topological polar surface area (TPSA) is 74.8 Å². The summed E-state index contributed by atoms with van der Waals surface area (Å²) in [6, 6.07) is 8.18. The zero-order valence-electron chi connectivity index (χ0n) is 18.1. The van der Waals surface area contributed by atoms with Gasteiger partial charge >= 0.3 is 0 Å². The predicted molar refractivity (Wildman–Crippen MR) is 120 cm³/mol. The van der Waals surface area contributed by atoms with Gasteiger partial charge in [-0.3, -0.25) is 4.99 Å². The Bertz CT molecular complexity index is 774. The maximum atomic E-state index is 6.13. The van der Waals surface area contributed by atoms with Crippen LogP contribution in [-0.2, 0) is 15.9 Å². The normalized spacial score (nSPS) is 21.3. The van der Waals surface area contributed by atoms with E-state index >= 15 is 0 Å². The Morgan fingerprint density at radius 1 is 1.27 bits per heavy atom. The standard InChI is InChI=1S/C23H35N5O2/c1-24-23(25-13-6-10-22-26-20-8-2-3-9-21(20)27-22)28-14-11-18(12-15-28)30-17-19-7-4-5-16-29-19/h2-3,8-9,18-19H,4-7,10-17H2,1H3,(H,24,25)(H,26,27). The van der Waals surface area contributed by atoms with Crippen LogP contribution in [0, 0.1) is 0 Å². The van der Waals surface area contributed by atoms with E-state index in [1.54, 1.807) is 0 Å². The molecule has 2 aromatic rings. The number of aromatic nitrogens is 2. The number of ether oxygens (including phenoxy) is 2. The third-order valence-electron chi connectivity index (χ3n) is 6.06. The second kappa shape index (κ2) is 10.8. The average molecular weight is 414 g/mol. The van der Waals surface area contributed by atoms with Gasteiger partial charge in [0.25, 0.3) is 0 Å². The van der Waals surface area contributed by atoms with Crippen LogP contribution in [0.15, 0.2) is 29.3 Å². The maximum Gasteiger partial charge on any atom is 0.193 e. The van der Waals surface area contributed by atoms with Gasteiger partial charge in [-0.25, -0.2) is 4.98 Å². The van der Waals surface area contributed by atoms with Crippen LogP contribution in [-0.4, -0.2) is 72.9 Å². The van der Waals surface area contributed by atoms with Gasteiger partial charge in [0, 0.05) is 39.7 Å². The molecule has 2 fully saturated rings. The van der Waals surface area contributed by atoms with Gasteiger partial charge in [-0.15, -0.1) is 0 Å². The highest BCUT2D eigenvalue weighted by Crippen LogP contribution is 2.18. The molecule has 7 heteroatoms. The minimum absolute atomic E-state index is 0.304. The van der Waals surface area contributed by atoms with Crippen molar-refractivity contribution in [3.8, 4) is 0 Å². The summed E-state index contributed by atoms with van der Waals surface area (Å²) < 4.78 is 11.9. The number of fused-ring (bicyclic) bond motifs is 1. The van der Waals surface area contributed by atoms with Crippen molar-refractivity contribution >= 4 is 17.0 Å². The van der Waals surface area contributed by atoms with E-state index in [9.17, 15) is 0 Å². The van der Waals surface area contributed by atoms with E-state index in [-0.39, 0.29) is 0 Å². The average Bonchev–Trinajstić information content (AvgIpc) is 3.22. The molecule has 0 aliphatic carbocycles. The number of aliphatic imine (C=N–C) groups is 1. The Labute approximate surface area is 179 Å². The van der Waals surface area contributed by atoms with Crippen LogP contribution in [0.3, 0.4) is 0 Å². The fourth-order valence-electron chi connectivity index (χ4n) is 4.33. The van der Waals surface area contributed by atoms with Crippen molar-refractivity contribution in [2.75, 3.05) is 39.9 Å². The van der Waals surface area contributed by atoms with Gasteiger partial charge in [0.15, 0.2) is 5.96 Å². The van der Waals surface area contributed by atoms with Crippen molar-refractivity contribution in [2.24, 2.45) is 4.99 Å². The van der Waals surface area contributed by atoms with Crippen molar-refractivity contribution in [2.45, 2.75) is 57.2 Å². The number of rotatable bonds is 7. The lowest BCUT2D eigenvalue weighted by molar-refractivity contribution is -0.0721. The number of guanidine groups is 1. The fraction of sp³-hybridized carbons (Fsp3) is 0.652. The molecule has 2 aliphatic rings. The molecule has 2 aliphatic heterocycles. The van der Waals surface area contributed by atoms with Crippen LogP contribution in [0.5, 0.6) is 0 Å². The minimum Gasteiger partial charge on any atom is -0.376 e. The second-order valence-electron chi connectivity index (χ2n) is 8.29. The number of para-hydroxylation sites is 2. The van der Waals surface area contributed by atoms with Crippen LogP contribution in [0.4, 0.5) is 0 Å². The molecule has 2 N–H and O–H groups in total. The molecule has 0 spiro atoms. The maximum absolute atomic E-state index is 6.13. The lowest BCUT2D eigenvalue weighted by Crippen LogP contribution is -2.47. The molecule has 0 amide bonds. The Kier molecular flexibility index (Phi) is 7.59. The number of benzene rings is 1. The van der Waals surface area contributed by atoms with Gasteiger partial charge in [0.1, 0.15) is 5.82 Å². The Morgan fingerprint density at radius 3 is 2.90 bits per heavy atom. The van der Waals surface area contributed by atoms with E-state index in [0.29, 0.717) is 12.2 Å². The number of H-pyrrole nitrogens is 1. The summed E-state index contributed by atoms with van der Waals surface area (Å²) in [4.78, 5) is 14.9. The predicted octanol–water partition coefficient (Wildman–Crippen LogP) is 3.12. The summed E-state index contributed by atoms with van der Waals surface area (Å²) >= 11 is 0. The van der Waals surface area contributed by atoms with Gasteiger partial charge in [-0.2, -0.15) is 0 Å². The summed E-state index contributed by atoms with van der Waals surface area (Å²) in [6.45, 7) is 4.50. The largest absolute Gasteiger partial charge is 0.376 e. The first-order valence-electron chi connectivity index (χ1n) is 11.4. The Balaban J connectivity index is 1.14. The summed E-state index contributed by atoms with van der Waals surface area (Å²) in [7, 11) is 1.87. The SMILES string of the molecule is CN=C(NCCCc1nc2ccccc2[nH]1)N1CCC(OCC2CCCCO2)CC1. The number of aryl methyl sites for hydroxylation is 1. The monoisotopic (exact) mass is 413 g/mol.